The fraction of sp³-hybridized carbons (Fsp3) is 0.154. The van der Waals surface area contributed by atoms with Crippen molar-refractivity contribution in [3.8, 4) is 0 Å². The Morgan fingerprint density at radius 1 is 0.423 bits per heavy atom. The minimum absolute atomic E-state index is 1.08. The summed E-state index contributed by atoms with van der Waals surface area (Å²) in [5.74, 6) is 5.59. The van der Waals surface area contributed by atoms with Crippen molar-refractivity contribution >= 4 is 0 Å². The predicted octanol–water partition coefficient (Wildman–Crippen LogP) is 5.46. The molecule has 0 heterocycles. The highest BCUT2D eigenvalue weighted by Gasteiger charge is 2.31. The number of hydrogen-bond acceptors (Lipinski definition) is 0. The first-order valence-corrected chi connectivity index (χ1v) is 9.47. The molecule has 0 aromatic carbocycles. The van der Waals surface area contributed by atoms with Crippen LogP contribution in [0.1, 0.15) is 25.7 Å². The molecule has 0 N–H and O–H groups in total. The second-order valence-electron chi connectivity index (χ2n) is 6.89. The molecule has 0 heteroatoms. The van der Waals surface area contributed by atoms with E-state index in [2.05, 4.69) is 103 Å². The Bertz CT molecular complexity index is 393. The van der Waals surface area contributed by atoms with Gasteiger partial charge in [0.2, 0.25) is 0 Å². The lowest BCUT2D eigenvalue weighted by atomic mass is 9.79. The third-order valence-electron chi connectivity index (χ3n) is 5.18. The van der Waals surface area contributed by atoms with Gasteiger partial charge in [0.1, 0.15) is 0 Å². The van der Waals surface area contributed by atoms with Gasteiger partial charge in [0.05, 0.1) is 0 Å². The van der Waals surface area contributed by atoms with Crippen molar-refractivity contribution in [3.05, 3.63) is 138 Å². The average molecular weight is 336 g/mol. The third kappa shape index (κ3) is 4.96. The van der Waals surface area contributed by atoms with E-state index in [9.17, 15) is 0 Å². The molecule has 128 valence electrons. The predicted molar refractivity (Wildman–Crippen MR) is 107 cm³/mol. The lowest BCUT2D eigenvalue weighted by Crippen LogP contribution is -2.10. The normalized spacial score (nSPS) is 27.7. The monoisotopic (exact) mass is 336 g/mol. The molecule has 0 bridgehead atoms. The largest absolute Gasteiger partial charge is 0.0627 e. The summed E-state index contributed by atoms with van der Waals surface area (Å²) in [6.45, 7) is 0. The van der Waals surface area contributed by atoms with E-state index >= 15 is 0 Å². The van der Waals surface area contributed by atoms with Gasteiger partial charge in [0, 0.05) is 11.8 Å². The molecule has 0 atom stereocenters. The molecule has 0 nitrogen and oxygen atoms in total. The lowest BCUT2D eigenvalue weighted by molar-refractivity contribution is 0.801. The van der Waals surface area contributed by atoms with Gasteiger partial charge in [-0.1, -0.05) is 11.1 Å². The topological polar surface area (TPSA) is 0 Å². The molecule has 20 radical (unpaired) electrons. The molecule has 0 saturated heterocycles. The van der Waals surface area contributed by atoms with Crippen molar-refractivity contribution in [2.75, 3.05) is 0 Å². The molecule has 4 saturated carbocycles. The maximum absolute atomic E-state index is 2.26. The van der Waals surface area contributed by atoms with Crippen LogP contribution in [0, 0.1) is 126 Å². The minimum atomic E-state index is 1.08. The molecular weight excluding hydrogens is 312 g/mol. The van der Waals surface area contributed by atoms with Crippen LogP contribution in [0.4, 0.5) is 0 Å². The maximum atomic E-state index is 2.26. The fourth-order valence-corrected chi connectivity index (χ4v) is 3.79. The summed E-state index contributed by atoms with van der Waals surface area (Å²) in [6, 6.07) is 0. The van der Waals surface area contributed by atoms with Gasteiger partial charge in [-0.2, -0.15) is 0 Å². The van der Waals surface area contributed by atoms with Crippen molar-refractivity contribution in [1.29, 1.82) is 0 Å². The Morgan fingerprint density at radius 3 is 1.08 bits per heavy atom. The fourth-order valence-electron chi connectivity index (χ4n) is 3.79. The molecule has 0 aromatic rings. The van der Waals surface area contributed by atoms with Crippen LogP contribution >= 0.6 is 0 Å². The van der Waals surface area contributed by atoms with Crippen LogP contribution in [0.15, 0.2) is 11.1 Å². The van der Waals surface area contributed by atoms with Crippen LogP contribution in [0.2, 0.25) is 0 Å². The van der Waals surface area contributed by atoms with E-state index in [1.165, 1.54) is 34.8 Å². The SMILES string of the molecule is [CH]1[CH][CH][C](CC/C([C]2[CH][CH][CH][CH]2)=C(/CC[C]2[CH][CH][CH][CH]2)[C]2[CH][CH][CH][CH]2)[CH]1. The summed E-state index contributed by atoms with van der Waals surface area (Å²) in [6.07, 6.45) is 39.4. The highest BCUT2D eigenvalue weighted by Crippen LogP contribution is 2.44. The van der Waals surface area contributed by atoms with Crippen molar-refractivity contribution in [2.45, 2.75) is 25.7 Å². The molecule has 0 amide bonds. The Kier molecular flexibility index (Phi) is 7.18. The molecule has 4 rings (SSSR count). The second-order valence-corrected chi connectivity index (χ2v) is 6.89. The van der Waals surface area contributed by atoms with Gasteiger partial charge in [-0.25, -0.2) is 0 Å². The Labute approximate surface area is 163 Å². The summed E-state index contributed by atoms with van der Waals surface area (Å²) >= 11 is 0. The maximum Gasteiger partial charge on any atom is 0.00824 e. The first-order valence-electron chi connectivity index (χ1n) is 9.47. The smallest absolute Gasteiger partial charge is 0.00824 e. The van der Waals surface area contributed by atoms with Crippen molar-refractivity contribution in [1.82, 2.24) is 0 Å². The molecule has 0 unspecified atom stereocenters. The molecular formula is C26H24. The van der Waals surface area contributed by atoms with Gasteiger partial charge in [-0.15, -0.1) is 0 Å². The molecule has 4 fully saturated rings. The third-order valence-corrected chi connectivity index (χ3v) is 5.18. The van der Waals surface area contributed by atoms with E-state index in [4.69, 9.17) is 0 Å². The Hall–Kier alpha value is -0.260. The van der Waals surface area contributed by atoms with Crippen LogP contribution in [-0.4, -0.2) is 0 Å². The second kappa shape index (κ2) is 9.79. The zero-order valence-electron chi connectivity index (χ0n) is 15.1. The molecule has 0 aliphatic heterocycles. The highest BCUT2D eigenvalue weighted by molar-refractivity contribution is 5.58. The van der Waals surface area contributed by atoms with E-state index in [1.807, 2.05) is 0 Å². The van der Waals surface area contributed by atoms with Gasteiger partial charge >= 0.3 is 0 Å². The molecule has 0 aromatic heterocycles. The van der Waals surface area contributed by atoms with Gasteiger partial charge in [0.25, 0.3) is 0 Å². The van der Waals surface area contributed by atoms with Crippen LogP contribution in [0.5, 0.6) is 0 Å². The van der Waals surface area contributed by atoms with E-state index in [0.29, 0.717) is 0 Å². The van der Waals surface area contributed by atoms with Gasteiger partial charge in [-0.05, 0) is 140 Å². The lowest BCUT2D eigenvalue weighted by Gasteiger charge is -2.25. The first kappa shape index (κ1) is 19.1. The van der Waals surface area contributed by atoms with E-state index < -0.39 is 0 Å². The minimum Gasteiger partial charge on any atom is -0.0627 e. The van der Waals surface area contributed by atoms with Crippen LogP contribution in [-0.2, 0) is 0 Å². The van der Waals surface area contributed by atoms with E-state index in [0.717, 1.165) is 25.7 Å². The van der Waals surface area contributed by atoms with Crippen LogP contribution in [0.3, 0.4) is 0 Å². The van der Waals surface area contributed by atoms with Crippen molar-refractivity contribution in [3.63, 3.8) is 0 Å². The van der Waals surface area contributed by atoms with Crippen LogP contribution in [0.25, 0.3) is 0 Å². The van der Waals surface area contributed by atoms with Crippen molar-refractivity contribution < 1.29 is 0 Å². The Morgan fingerprint density at radius 2 is 0.731 bits per heavy atom. The Balaban J connectivity index is 1.49. The quantitative estimate of drug-likeness (QED) is 0.552. The molecule has 4 aliphatic rings. The van der Waals surface area contributed by atoms with Gasteiger partial charge in [0.15, 0.2) is 0 Å². The first-order chi connectivity index (χ1) is 12.9. The van der Waals surface area contributed by atoms with Gasteiger partial charge < -0.3 is 0 Å². The molecule has 26 heavy (non-hydrogen) atoms. The standard InChI is InChI=1S/C26H24/c1-2-10-21(9-1)17-19-25(23-13-5-6-14-23)26(24-15-7-8-16-24)20-18-22-11-3-4-12-22/h1-16H,17-20H2/b26-25+. The zero-order valence-corrected chi connectivity index (χ0v) is 15.1. The van der Waals surface area contributed by atoms with E-state index in [-0.39, 0.29) is 0 Å². The molecule has 4 aliphatic carbocycles. The van der Waals surface area contributed by atoms with Crippen molar-refractivity contribution in [2.24, 2.45) is 0 Å². The number of hydrogen-bond donors (Lipinski definition) is 0. The summed E-state index contributed by atoms with van der Waals surface area (Å²) in [5, 5.41) is 0. The van der Waals surface area contributed by atoms with E-state index in [1.54, 1.807) is 0 Å². The average Bonchev–Trinajstić information content (AvgIpc) is 3.46. The summed E-state index contributed by atoms with van der Waals surface area (Å²) in [4.78, 5) is 0. The number of rotatable bonds is 8. The number of allylic oxidation sites excluding steroid dienone is 2. The van der Waals surface area contributed by atoms with Gasteiger partial charge in [-0.3, -0.25) is 0 Å². The zero-order chi connectivity index (χ0) is 17.6. The summed E-state index contributed by atoms with van der Waals surface area (Å²) < 4.78 is 0. The summed E-state index contributed by atoms with van der Waals surface area (Å²) in [7, 11) is 0. The molecule has 0 spiro atoms. The summed E-state index contributed by atoms with van der Waals surface area (Å²) in [5.41, 5.74) is 2.99. The highest BCUT2D eigenvalue weighted by atomic mass is 14.3. The van der Waals surface area contributed by atoms with Crippen LogP contribution < -0.4 is 0 Å².